The van der Waals surface area contributed by atoms with Gasteiger partial charge in [0.1, 0.15) is 11.9 Å². The molecule has 0 aliphatic carbocycles. The van der Waals surface area contributed by atoms with E-state index in [1.54, 1.807) is 12.1 Å². The third-order valence-corrected chi connectivity index (χ3v) is 4.02. The first kappa shape index (κ1) is 19.0. The number of nitro benzene ring substituents is 1. The van der Waals surface area contributed by atoms with Crippen LogP contribution in [-0.2, 0) is 5.41 Å². The van der Waals surface area contributed by atoms with Crippen LogP contribution >= 0.6 is 23.5 Å². The number of non-ortho nitro benzene ring substituents is 1. The smallest absolute Gasteiger partial charge is 0.271 e. The Balaban J connectivity index is 2.38. The molecule has 0 aromatic heterocycles. The Morgan fingerprint density at radius 1 is 1.24 bits per heavy atom. The molecule has 2 rings (SSSR count). The summed E-state index contributed by atoms with van der Waals surface area (Å²) in [6.45, 7) is 5.91. The highest BCUT2D eigenvalue weighted by atomic mass is 35.5. The van der Waals surface area contributed by atoms with Gasteiger partial charge in [0.25, 0.3) is 11.6 Å². The Labute approximate surface area is 155 Å². The summed E-state index contributed by atoms with van der Waals surface area (Å²) in [5.41, 5.74) is 0.800. The molecule has 0 aliphatic heterocycles. The molecule has 0 saturated heterocycles. The van der Waals surface area contributed by atoms with Crippen LogP contribution in [0.3, 0.4) is 0 Å². The summed E-state index contributed by atoms with van der Waals surface area (Å²) in [7, 11) is 0. The van der Waals surface area contributed by atoms with Crippen molar-refractivity contribution in [3.63, 3.8) is 0 Å². The van der Waals surface area contributed by atoms with Gasteiger partial charge < -0.3 is 9.61 Å². The van der Waals surface area contributed by atoms with Gasteiger partial charge in [-0.05, 0) is 17.5 Å². The molecule has 0 saturated carbocycles. The Kier molecular flexibility index (Phi) is 5.55. The number of rotatable bonds is 4. The monoisotopic (exact) mass is 382 g/mol. The van der Waals surface area contributed by atoms with Crippen LogP contribution in [0.25, 0.3) is 0 Å². The van der Waals surface area contributed by atoms with Crippen molar-refractivity contribution < 1.29 is 14.0 Å². The number of halogens is 2. The molecule has 1 N–H and O–H groups in total. The SMILES string of the molecule is CC(C)(C)c1cccc(C(=O)Nc2ccc([N+](=O)[O-])cc2Cl)c1OCl. The summed E-state index contributed by atoms with van der Waals surface area (Å²) in [5, 5.41) is 13.4. The average molecular weight is 383 g/mol. The van der Waals surface area contributed by atoms with E-state index in [2.05, 4.69) is 5.32 Å². The summed E-state index contributed by atoms with van der Waals surface area (Å²) in [6, 6.07) is 8.92. The van der Waals surface area contributed by atoms with Crippen LogP contribution in [0, 0.1) is 10.1 Å². The Hall–Kier alpha value is -2.31. The highest BCUT2D eigenvalue weighted by molar-refractivity contribution is 6.34. The molecule has 0 bridgehead atoms. The van der Waals surface area contributed by atoms with E-state index < -0.39 is 10.8 Å². The molecule has 0 radical (unpaired) electrons. The zero-order valence-electron chi connectivity index (χ0n) is 13.8. The van der Waals surface area contributed by atoms with Crippen LogP contribution in [0.2, 0.25) is 5.02 Å². The van der Waals surface area contributed by atoms with E-state index in [4.69, 9.17) is 27.8 Å². The van der Waals surface area contributed by atoms with Gasteiger partial charge in [0.2, 0.25) is 0 Å². The molecule has 0 heterocycles. The molecule has 6 nitrogen and oxygen atoms in total. The number of hydrogen-bond acceptors (Lipinski definition) is 4. The van der Waals surface area contributed by atoms with Crippen molar-refractivity contribution in [1.29, 1.82) is 0 Å². The Morgan fingerprint density at radius 3 is 2.44 bits per heavy atom. The number of amides is 1. The molecular formula is C17H16Cl2N2O4. The normalized spacial score (nSPS) is 11.1. The standard InChI is InChI=1S/C17H16Cl2N2O4/c1-17(2,3)12-6-4-5-11(15(12)25-19)16(22)20-14-8-7-10(21(23)24)9-13(14)18/h4-9H,1-3H3,(H,20,22). The number of nitro groups is 1. The molecule has 2 aromatic rings. The van der Waals surface area contributed by atoms with Gasteiger partial charge in [-0.1, -0.05) is 44.5 Å². The van der Waals surface area contributed by atoms with E-state index in [0.717, 1.165) is 5.56 Å². The number of nitrogens with zero attached hydrogens (tertiary/aromatic N) is 1. The fourth-order valence-corrected chi connectivity index (χ4v) is 2.69. The van der Waals surface area contributed by atoms with E-state index in [9.17, 15) is 14.9 Å². The Morgan fingerprint density at radius 2 is 1.92 bits per heavy atom. The van der Waals surface area contributed by atoms with Crippen molar-refractivity contribution in [1.82, 2.24) is 0 Å². The van der Waals surface area contributed by atoms with Crippen molar-refractivity contribution in [2.75, 3.05) is 5.32 Å². The molecule has 0 atom stereocenters. The molecule has 0 unspecified atom stereocenters. The molecule has 0 fully saturated rings. The van der Waals surface area contributed by atoms with Crippen LogP contribution < -0.4 is 9.61 Å². The fraction of sp³-hybridized carbons (Fsp3) is 0.235. The van der Waals surface area contributed by atoms with Gasteiger partial charge in [-0.25, -0.2) is 0 Å². The topological polar surface area (TPSA) is 81.5 Å². The summed E-state index contributed by atoms with van der Waals surface area (Å²) in [6.07, 6.45) is 0. The predicted molar refractivity (Wildman–Crippen MR) is 97.7 cm³/mol. The minimum atomic E-state index is -0.566. The minimum absolute atomic E-state index is 0.0582. The van der Waals surface area contributed by atoms with Gasteiger partial charge >= 0.3 is 0 Å². The quantitative estimate of drug-likeness (QED) is 0.572. The highest BCUT2D eigenvalue weighted by Crippen LogP contribution is 2.35. The van der Waals surface area contributed by atoms with Crippen LogP contribution in [-0.4, -0.2) is 10.8 Å². The summed E-state index contributed by atoms with van der Waals surface area (Å²) >= 11 is 11.6. The van der Waals surface area contributed by atoms with Crippen LogP contribution in [0.4, 0.5) is 11.4 Å². The summed E-state index contributed by atoms with van der Waals surface area (Å²) in [4.78, 5) is 22.8. The number of nitrogens with one attached hydrogen (secondary N) is 1. The van der Waals surface area contributed by atoms with Gasteiger partial charge in [-0.15, -0.1) is 0 Å². The van der Waals surface area contributed by atoms with Crippen molar-refractivity contribution in [3.8, 4) is 5.75 Å². The van der Waals surface area contributed by atoms with Gasteiger partial charge in [0.15, 0.2) is 5.75 Å². The van der Waals surface area contributed by atoms with E-state index in [0.29, 0.717) is 0 Å². The number of hydrogen-bond donors (Lipinski definition) is 1. The number of anilines is 1. The Bertz CT molecular complexity index is 832. The number of benzene rings is 2. The molecule has 132 valence electrons. The first-order chi connectivity index (χ1) is 11.6. The second-order valence-corrected chi connectivity index (χ2v) is 6.95. The second kappa shape index (κ2) is 7.29. The first-order valence-electron chi connectivity index (χ1n) is 7.32. The van der Waals surface area contributed by atoms with Crippen LogP contribution in [0.5, 0.6) is 5.75 Å². The second-order valence-electron chi connectivity index (χ2n) is 6.38. The van der Waals surface area contributed by atoms with E-state index in [1.807, 2.05) is 26.8 Å². The van der Waals surface area contributed by atoms with E-state index in [1.165, 1.54) is 18.2 Å². The maximum Gasteiger partial charge on any atom is 0.271 e. The lowest BCUT2D eigenvalue weighted by atomic mass is 9.85. The van der Waals surface area contributed by atoms with Crippen molar-refractivity contribution >= 4 is 40.7 Å². The van der Waals surface area contributed by atoms with Gasteiger partial charge in [-0.3, -0.25) is 14.9 Å². The fourth-order valence-electron chi connectivity index (χ4n) is 2.30. The zero-order valence-corrected chi connectivity index (χ0v) is 15.3. The summed E-state index contributed by atoms with van der Waals surface area (Å²) < 4.78 is 4.93. The van der Waals surface area contributed by atoms with Crippen molar-refractivity contribution in [2.45, 2.75) is 26.2 Å². The average Bonchev–Trinajstić information content (AvgIpc) is 2.54. The number of carbonyl (C=O) groups excluding carboxylic acids is 1. The zero-order chi connectivity index (χ0) is 18.8. The lowest BCUT2D eigenvalue weighted by molar-refractivity contribution is -0.384. The molecule has 8 heteroatoms. The third kappa shape index (κ3) is 4.21. The highest BCUT2D eigenvalue weighted by Gasteiger charge is 2.24. The lowest BCUT2D eigenvalue weighted by Crippen LogP contribution is -2.17. The van der Waals surface area contributed by atoms with Gasteiger partial charge in [0, 0.05) is 17.7 Å². The molecule has 0 spiro atoms. The molecule has 25 heavy (non-hydrogen) atoms. The van der Waals surface area contributed by atoms with Gasteiger partial charge in [-0.2, -0.15) is 0 Å². The molecular weight excluding hydrogens is 367 g/mol. The summed E-state index contributed by atoms with van der Waals surface area (Å²) in [5.74, 6) is -0.232. The number of para-hydroxylation sites is 1. The molecule has 2 aromatic carbocycles. The molecule has 0 aliphatic rings. The van der Waals surface area contributed by atoms with E-state index in [-0.39, 0.29) is 33.1 Å². The van der Waals surface area contributed by atoms with E-state index >= 15 is 0 Å². The van der Waals surface area contributed by atoms with Crippen LogP contribution in [0.1, 0.15) is 36.7 Å². The predicted octanol–water partition coefficient (Wildman–Crippen LogP) is 5.33. The first-order valence-corrected chi connectivity index (χ1v) is 8.01. The lowest BCUT2D eigenvalue weighted by Gasteiger charge is -2.22. The third-order valence-electron chi connectivity index (χ3n) is 3.56. The largest absolute Gasteiger partial charge is 0.384 e. The maximum absolute atomic E-state index is 12.6. The molecule has 1 amide bonds. The van der Waals surface area contributed by atoms with Crippen molar-refractivity contribution in [3.05, 3.63) is 62.7 Å². The van der Waals surface area contributed by atoms with Crippen molar-refractivity contribution in [2.24, 2.45) is 0 Å². The number of carbonyl (C=O) groups is 1. The maximum atomic E-state index is 12.6. The van der Waals surface area contributed by atoms with Crippen LogP contribution in [0.15, 0.2) is 36.4 Å². The minimum Gasteiger partial charge on any atom is -0.384 e. The van der Waals surface area contributed by atoms with Gasteiger partial charge in [0.05, 0.1) is 21.2 Å².